The highest BCUT2D eigenvalue weighted by Crippen LogP contribution is 2.17. The van der Waals surface area contributed by atoms with Crippen LogP contribution in [0, 0.1) is 0 Å². The van der Waals surface area contributed by atoms with E-state index >= 15 is 0 Å². The van der Waals surface area contributed by atoms with Crippen LogP contribution in [0.3, 0.4) is 0 Å². The molecule has 1 unspecified atom stereocenters. The third-order valence-corrected chi connectivity index (χ3v) is 3.35. The molecule has 106 valence electrons. The van der Waals surface area contributed by atoms with E-state index in [2.05, 4.69) is 17.3 Å². The fraction of sp³-hybridized carbons (Fsp3) is 0.286. The molecule has 20 heavy (non-hydrogen) atoms. The molecule has 5 nitrogen and oxygen atoms in total. The monoisotopic (exact) mass is 292 g/mol. The first-order valence-electron chi connectivity index (χ1n) is 6.35. The van der Waals surface area contributed by atoms with E-state index in [1.165, 1.54) is 0 Å². The lowest BCUT2D eigenvalue weighted by Crippen LogP contribution is -2.30. The average Bonchev–Trinajstić information content (AvgIpc) is 2.90. The molecule has 1 amide bonds. The van der Waals surface area contributed by atoms with Crippen LogP contribution in [-0.4, -0.2) is 21.7 Å². The van der Waals surface area contributed by atoms with Gasteiger partial charge in [-0.1, -0.05) is 17.7 Å². The Morgan fingerprint density at radius 2 is 2.35 bits per heavy atom. The fourth-order valence-electron chi connectivity index (χ4n) is 1.88. The van der Waals surface area contributed by atoms with Crippen molar-refractivity contribution in [3.05, 3.63) is 52.8 Å². The van der Waals surface area contributed by atoms with Gasteiger partial charge in [-0.25, -0.2) is 0 Å². The van der Waals surface area contributed by atoms with Crippen LogP contribution in [0.1, 0.15) is 22.8 Å². The van der Waals surface area contributed by atoms with Crippen molar-refractivity contribution in [3.63, 3.8) is 0 Å². The fourth-order valence-corrected chi connectivity index (χ4v) is 2.13. The summed E-state index contributed by atoms with van der Waals surface area (Å²) in [6.45, 7) is 3.48. The minimum Gasteiger partial charge on any atom is -0.366 e. The summed E-state index contributed by atoms with van der Waals surface area (Å²) in [5, 5.41) is 8.07. The normalized spacial score (nSPS) is 12.3. The molecular formula is C14H17ClN4O. The number of carbonyl (C=O) groups excluding carboxylic acids is 1. The second-order valence-electron chi connectivity index (χ2n) is 4.68. The SMILES string of the molecule is CC(Cn1cccn1)NCc1ccc(C(N)=O)cc1Cl. The molecule has 2 aromatic rings. The summed E-state index contributed by atoms with van der Waals surface area (Å²) in [4.78, 5) is 11.0. The number of aromatic nitrogens is 2. The number of nitrogens with two attached hydrogens (primary N) is 1. The van der Waals surface area contributed by atoms with Gasteiger partial charge in [0, 0.05) is 35.6 Å². The molecule has 1 aromatic heterocycles. The van der Waals surface area contributed by atoms with E-state index in [4.69, 9.17) is 17.3 Å². The van der Waals surface area contributed by atoms with Gasteiger partial charge in [-0.3, -0.25) is 9.48 Å². The molecule has 1 atom stereocenters. The van der Waals surface area contributed by atoms with Crippen LogP contribution >= 0.6 is 11.6 Å². The summed E-state index contributed by atoms with van der Waals surface area (Å²) < 4.78 is 1.87. The number of halogens is 1. The van der Waals surface area contributed by atoms with Crippen LogP contribution < -0.4 is 11.1 Å². The molecule has 1 aromatic carbocycles. The lowest BCUT2D eigenvalue weighted by atomic mass is 10.1. The van der Waals surface area contributed by atoms with Crippen LogP contribution in [0.25, 0.3) is 0 Å². The van der Waals surface area contributed by atoms with Gasteiger partial charge in [-0.05, 0) is 30.7 Å². The quantitative estimate of drug-likeness (QED) is 0.853. The zero-order chi connectivity index (χ0) is 14.5. The summed E-state index contributed by atoms with van der Waals surface area (Å²) in [5.41, 5.74) is 6.56. The molecule has 0 aliphatic carbocycles. The molecule has 1 heterocycles. The highest BCUT2D eigenvalue weighted by Gasteiger charge is 2.07. The smallest absolute Gasteiger partial charge is 0.248 e. The highest BCUT2D eigenvalue weighted by molar-refractivity contribution is 6.31. The maximum atomic E-state index is 11.0. The van der Waals surface area contributed by atoms with E-state index < -0.39 is 5.91 Å². The number of hydrogen-bond donors (Lipinski definition) is 2. The predicted octanol–water partition coefficient (Wildman–Crippen LogP) is 1.81. The van der Waals surface area contributed by atoms with E-state index in [1.54, 1.807) is 18.3 Å². The molecule has 0 spiro atoms. The molecule has 0 saturated carbocycles. The molecule has 2 rings (SSSR count). The topological polar surface area (TPSA) is 72.9 Å². The van der Waals surface area contributed by atoms with Crippen LogP contribution in [-0.2, 0) is 13.1 Å². The standard InChI is InChI=1S/C14H17ClN4O/c1-10(9-19-6-2-5-18-19)17-8-12-4-3-11(14(16)20)7-13(12)15/h2-7,10,17H,8-9H2,1H3,(H2,16,20). The zero-order valence-corrected chi connectivity index (χ0v) is 12.0. The van der Waals surface area contributed by atoms with Crippen molar-refractivity contribution in [1.82, 2.24) is 15.1 Å². The Labute approximate surface area is 122 Å². The van der Waals surface area contributed by atoms with Crippen LogP contribution in [0.5, 0.6) is 0 Å². The minimum atomic E-state index is -0.474. The van der Waals surface area contributed by atoms with Gasteiger partial charge in [0.1, 0.15) is 0 Å². The highest BCUT2D eigenvalue weighted by atomic mass is 35.5. The van der Waals surface area contributed by atoms with Crippen LogP contribution in [0.15, 0.2) is 36.7 Å². The first-order chi connectivity index (χ1) is 9.56. The summed E-state index contributed by atoms with van der Waals surface area (Å²) in [6.07, 6.45) is 3.68. The maximum Gasteiger partial charge on any atom is 0.248 e. The predicted molar refractivity (Wildman–Crippen MR) is 78.5 cm³/mol. The first kappa shape index (κ1) is 14.6. The third kappa shape index (κ3) is 3.82. The zero-order valence-electron chi connectivity index (χ0n) is 11.2. The lowest BCUT2D eigenvalue weighted by Gasteiger charge is -2.14. The van der Waals surface area contributed by atoms with Crippen molar-refractivity contribution in [2.24, 2.45) is 5.73 Å². The van der Waals surface area contributed by atoms with Gasteiger partial charge < -0.3 is 11.1 Å². The molecule has 0 aliphatic heterocycles. The largest absolute Gasteiger partial charge is 0.366 e. The van der Waals surface area contributed by atoms with Crippen molar-refractivity contribution < 1.29 is 4.79 Å². The number of carbonyl (C=O) groups is 1. The van der Waals surface area contributed by atoms with Gasteiger partial charge in [-0.15, -0.1) is 0 Å². The Morgan fingerprint density at radius 3 is 2.95 bits per heavy atom. The lowest BCUT2D eigenvalue weighted by molar-refractivity contribution is 0.100. The first-order valence-corrected chi connectivity index (χ1v) is 6.73. The number of hydrogen-bond acceptors (Lipinski definition) is 3. The number of rotatable bonds is 6. The summed E-state index contributed by atoms with van der Waals surface area (Å²) >= 11 is 6.13. The van der Waals surface area contributed by atoms with E-state index in [0.29, 0.717) is 17.1 Å². The molecular weight excluding hydrogens is 276 g/mol. The number of nitrogens with one attached hydrogen (secondary N) is 1. The summed E-state index contributed by atoms with van der Waals surface area (Å²) in [6, 6.07) is 7.24. The van der Waals surface area contributed by atoms with E-state index in [1.807, 2.05) is 23.0 Å². The average molecular weight is 293 g/mol. The van der Waals surface area contributed by atoms with Gasteiger partial charge in [0.15, 0.2) is 0 Å². The molecule has 0 bridgehead atoms. The molecule has 3 N–H and O–H groups in total. The number of benzene rings is 1. The van der Waals surface area contributed by atoms with Gasteiger partial charge in [0.05, 0.1) is 6.54 Å². The Bertz CT molecular complexity index is 583. The van der Waals surface area contributed by atoms with E-state index in [0.717, 1.165) is 12.1 Å². The summed E-state index contributed by atoms with van der Waals surface area (Å²) in [7, 11) is 0. The molecule has 0 fully saturated rings. The second kappa shape index (κ2) is 6.54. The van der Waals surface area contributed by atoms with Crippen molar-refractivity contribution in [1.29, 1.82) is 0 Å². The third-order valence-electron chi connectivity index (χ3n) is 3.00. The number of nitrogens with zero attached hydrogens (tertiary/aromatic N) is 2. The Balaban J connectivity index is 1.92. The molecule has 0 aliphatic rings. The summed E-state index contributed by atoms with van der Waals surface area (Å²) in [5.74, 6) is -0.474. The van der Waals surface area contributed by atoms with E-state index in [-0.39, 0.29) is 6.04 Å². The van der Waals surface area contributed by atoms with Crippen molar-refractivity contribution in [2.45, 2.75) is 26.1 Å². The van der Waals surface area contributed by atoms with Gasteiger partial charge in [0.25, 0.3) is 0 Å². The van der Waals surface area contributed by atoms with Crippen molar-refractivity contribution in [3.8, 4) is 0 Å². The van der Waals surface area contributed by atoms with Gasteiger partial charge in [-0.2, -0.15) is 5.10 Å². The van der Waals surface area contributed by atoms with Gasteiger partial charge >= 0.3 is 0 Å². The number of primary amides is 1. The Morgan fingerprint density at radius 1 is 1.55 bits per heavy atom. The molecule has 6 heteroatoms. The van der Waals surface area contributed by atoms with Crippen molar-refractivity contribution in [2.75, 3.05) is 0 Å². The minimum absolute atomic E-state index is 0.252. The van der Waals surface area contributed by atoms with Crippen LogP contribution in [0.2, 0.25) is 5.02 Å². The second-order valence-corrected chi connectivity index (χ2v) is 5.09. The van der Waals surface area contributed by atoms with E-state index in [9.17, 15) is 4.79 Å². The molecule has 0 radical (unpaired) electrons. The number of amides is 1. The van der Waals surface area contributed by atoms with Crippen LogP contribution in [0.4, 0.5) is 0 Å². The van der Waals surface area contributed by atoms with Crippen molar-refractivity contribution >= 4 is 17.5 Å². The molecule has 0 saturated heterocycles. The maximum absolute atomic E-state index is 11.0. The Hall–Kier alpha value is -1.85. The van der Waals surface area contributed by atoms with Gasteiger partial charge in [0.2, 0.25) is 5.91 Å². The Kier molecular flexibility index (Phi) is 4.76.